The zero-order chi connectivity index (χ0) is 19.6. The normalized spacial score (nSPS) is 20.2. The van der Waals surface area contributed by atoms with Crippen molar-refractivity contribution in [2.24, 2.45) is 15.9 Å². The highest BCUT2D eigenvalue weighted by atomic mass is 16.5. The molecule has 2 aromatic heterocycles. The zero-order valence-electron chi connectivity index (χ0n) is 15.7. The van der Waals surface area contributed by atoms with Gasteiger partial charge in [0.25, 0.3) is 0 Å². The summed E-state index contributed by atoms with van der Waals surface area (Å²) >= 11 is 0. The molecule has 0 amide bonds. The SMILES string of the molecule is COC1=CC2N=CC=C(OCc3nnc4ccc(-c5ccccc5)nn34)C2C=N1. The Hall–Kier alpha value is -3.81. The summed E-state index contributed by atoms with van der Waals surface area (Å²) < 4.78 is 13.0. The lowest BCUT2D eigenvalue weighted by molar-refractivity contribution is 0.166. The zero-order valence-corrected chi connectivity index (χ0v) is 15.7. The molecule has 0 N–H and O–H groups in total. The minimum atomic E-state index is -0.0830. The summed E-state index contributed by atoms with van der Waals surface area (Å²) in [5, 5.41) is 13.1. The number of dihydropyridines is 1. The number of methoxy groups -OCH3 is 1. The Bertz CT molecular complexity index is 1160. The second-order valence-electron chi connectivity index (χ2n) is 6.63. The van der Waals surface area contributed by atoms with Crippen molar-refractivity contribution in [2.45, 2.75) is 12.6 Å². The molecule has 4 heterocycles. The van der Waals surface area contributed by atoms with E-state index in [9.17, 15) is 0 Å². The summed E-state index contributed by atoms with van der Waals surface area (Å²) in [5.74, 6) is 1.89. The highest BCUT2D eigenvalue weighted by molar-refractivity contribution is 5.79. The third kappa shape index (κ3) is 3.29. The molecule has 144 valence electrons. The fourth-order valence-electron chi connectivity index (χ4n) is 3.34. The molecule has 3 aromatic rings. The smallest absolute Gasteiger partial charge is 0.210 e. The van der Waals surface area contributed by atoms with Crippen LogP contribution in [-0.2, 0) is 16.1 Å². The molecule has 2 aliphatic rings. The molecular formula is C21H18N6O2. The number of hydrogen-bond donors (Lipinski definition) is 0. The number of fused-ring (bicyclic) bond motifs is 2. The van der Waals surface area contributed by atoms with Gasteiger partial charge < -0.3 is 9.47 Å². The van der Waals surface area contributed by atoms with Crippen molar-refractivity contribution in [3.05, 3.63) is 72.1 Å². The molecule has 1 aromatic carbocycles. The molecule has 5 rings (SSSR count). The van der Waals surface area contributed by atoms with Crippen LogP contribution in [0.5, 0.6) is 0 Å². The Morgan fingerprint density at radius 3 is 2.83 bits per heavy atom. The van der Waals surface area contributed by atoms with Gasteiger partial charge in [-0.2, -0.15) is 9.61 Å². The quantitative estimate of drug-likeness (QED) is 0.673. The maximum atomic E-state index is 6.06. The van der Waals surface area contributed by atoms with Gasteiger partial charge in [0, 0.05) is 24.1 Å². The van der Waals surface area contributed by atoms with Gasteiger partial charge in [-0.05, 0) is 18.2 Å². The molecule has 0 saturated heterocycles. The lowest BCUT2D eigenvalue weighted by Gasteiger charge is -2.26. The number of nitrogens with zero attached hydrogens (tertiary/aromatic N) is 6. The first kappa shape index (κ1) is 17.3. The molecule has 2 atom stereocenters. The second-order valence-corrected chi connectivity index (χ2v) is 6.63. The Labute approximate surface area is 166 Å². The first-order chi connectivity index (χ1) is 14.3. The van der Waals surface area contributed by atoms with Crippen molar-refractivity contribution in [3.8, 4) is 11.3 Å². The molecule has 0 spiro atoms. The number of benzene rings is 1. The standard InChI is InChI=1S/C21H18N6O2/c1-28-21-11-17-15(12-23-21)18(9-10-22-17)29-13-20-25-24-19-8-7-16(26-27(19)20)14-5-3-2-4-6-14/h2-12,15,17H,13H2,1H3. The van der Waals surface area contributed by atoms with Gasteiger partial charge in [0.05, 0.1) is 24.8 Å². The number of rotatable bonds is 5. The van der Waals surface area contributed by atoms with E-state index < -0.39 is 0 Å². The molecule has 8 heteroatoms. The van der Waals surface area contributed by atoms with E-state index in [1.807, 2.05) is 54.6 Å². The van der Waals surface area contributed by atoms with Gasteiger partial charge in [0.1, 0.15) is 12.4 Å². The van der Waals surface area contributed by atoms with Gasteiger partial charge in [0.15, 0.2) is 11.5 Å². The van der Waals surface area contributed by atoms with Gasteiger partial charge in [-0.3, -0.25) is 4.99 Å². The van der Waals surface area contributed by atoms with Gasteiger partial charge in [-0.15, -0.1) is 10.2 Å². The highest BCUT2D eigenvalue weighted by Crippen LogP contribution is 2.27. The van der Waals surface area contributed by atoms with Crippen molar-refractivity contribution in [3.63, 3.8) is 0 Å². The van der Waals surface area contributed by atoms with Crippen LogP contribution in [-0.4, -0.2) is 45.4 Å². The number of hydrogen-bond acceptors (Lipinski definition) is 7. The average Bonchev–Trinajstić information content (AvgIpc) is 3.20. The van der Waals surface area contributed by atoms with Crippen LogP contribution in [0.4, 0.5) is 0 Å². The maximum absolute atomic E-state index is 6.06. The fraction of sp³-hybridized carbons (Fsp3) is 0.190. The van der Waals surface area contributed by atoms with E-state index in [-0.39, 0.29) is 18.6 Å². The van der Waals surface area contributed by atoms with Crippen molar-refractivity contribution in [2.75, 3.05) is 7.11 Å². The van der Waals surface area contributed by atoms with Crippen molar-refractivity contribution in [1.82, 2.24) is 19.8 Å². The summed E-state index contributed by atoms with van der Waals surface area (Å²) in [5.41, 5.74) is 2.55. The molecule has 0 radical (unpaired) electrons. The third-order valence-electron chi connectivity index (χ3n) is 4.84. The molecule has 8 nitrogen and oxygen atoms in total. The van der Waals surface area contributed by atoms with E-state index in [4.69, 9.17) is 9.47 Å². The monoisotopic (exact) mass is 386 g/mol. The van der Waals surface area contributed by atoms with Gasteiger partial charge in [-0.1, -0.05) is 30.3 Å². The molecule has 0 fully saturated rings. The molecule has 0 bridgehead atoms. The van der Waals surface area contributed by atoms with E-state index in [1.54, 1.807) is 24.1 Å². The van der Waals surface area contributed by atoms with Gasteiger partial charge in [-0.25, -0.2) is 4.99 Å². The summed E-state index contributed by atoms with van der Waals surface area (Å²) in [4.78, 5) is 8.76. The Morgan fingerprint density at radius 1 is 1.07 bits per heavy atom. The van der Waals surface area contributed by atoms with Crippen LogP contribution in [0, 0.1) is 5.92 Å². The first-order valence-electron chi connectivity index (χ1n) is 9.25. The fourth-order valence-corrected chi connectivity index (χ4v) is 3.34. The molecule has 0 saturated carbocycles. The van der Waals surface area contributed by atoms with Crippen LogP contribution in [0.15, 0.2) is 76.2 Å². The van der Waals surface area contributed by atoms with Crippen LogP contribution in [0.1, 0.15) is 5.82 Å². The van der Waals surface area contributed by atoms with Crippen LogP contribution in [0.3, 0.4) is 0 Å². The Kier molecular flexibility index (Phi) is 4.36. The summed E-state index contributed by atoms with van der Waals surface area (Å²) in [7, 11) is 1.59. The van der Waals surface area contributed by atoms with Crippen molar-refractivity contribution >= 4 is 18.1 Å². The predicted octanol–water partition coefficient (Wildman–Crippen LogP) is 2.83. The highest BCUT2D eigenvalue weighted by Gasteiger charge is 2.29. The van der Waals surface area contributed by atoms with Crippen LogP contribution in [0.25, 0.3) is 16.9 Å². The van der Waals surface area contributed by atoms with Gasteiger partial charge in [0.2, 0.25) is 5.88 Å². The van der Waals surface area contributed by atoms with Crippen molar-refractivity contribution in [1.29, 1.82) is 0 Å². The third-order valence-corrected chi connectivity index (χ3v) is 4.84. The van der Waals surface area contributed by atoms with E-state index in [1.165, 1.54) is 0 Å². The average molecular weight is 386 g/mol. The van der Waals surface area contributed by atoms with Crippen LogP contribution >= 0.6 is 0 Å². The topological polar surface area (TPSA) is 86.3 Å². The Morgan fingerprint density at radius 2 is 1.97 bits per heavy atom. The first-order valence-corrected chi connectivity index (χ1v) is 9.25. The van der Waals surface area contributed by atoms with E-state index >= 15 is 0 Å². The van der Waals surface area contributed by atoms with Crippen LogP contribution in [0.2, 0.25) is 0 Å². The maximum Gasteiger partial charge on any atom is 0.210 e. The lowest BCUT2D eigenvalue weighted by atomic mass is 9.95. The van der Waals surface area contributed by atoms with E-state index in [0.29, 0.717) is 17.4 Å². The number of aromatic nitrogens is 4. The molecular weight excluding hydrogens is 368 g/mol. The van der Waals surface area contributed by atoms with Crippen LogP contribution < -0.4 is 0 Å². The van der Waals surface area contributed by atoms with E-state index in [0.717, 1.165) is 17.0 Å². The number of allylic oxidation sites excluding steroid dienone is 1. The molecule has 2 aliphatic heterocycles. The number of aliphatic imine (C=N–C) groups is 2. The minimum absolute atomic E-state index is 0.0640. The van der Waals surface area contributed by atoms with E-state index in [2.05, 4.69) is 25.3 Å². The lowest BCUT2D eigenvalue weighted by Crippen LogP contribution is -2.27. The Balaban J connectivity index is 1.37. The van der Waals surface area contributed by atoms with Gasteiger partial charge >= 0.3 is 0 Å². The number of ether oxygens (including phenoxy) is 2. The van der Waals surface area contributed by atoms with Crippen molar-refractivity contribution < 1.29 is 9.47 Å². The largest absolute Gasteiger partial charge is 0.489 e. The molecule has 29 heavy (non-hydrogen) atoms. The summed E-state index contributed by atoms with van der Waals surface area (Å²) in [6, 6.07) is 13.7. The predicted molar refractivity (Wildman–Crippen MR) is 108 cm³/mol. The summed E-state index contributed by atoms with van der Waals surface area (Å²) in [6.07, 6.45) is 7.29. The minimum Gasteiger partial charge on any atom is -0.489 e. The summed E-state index contributed by atoms with van der Waals surface area (Å²) in [6.45, 7) is 0.240. The molecule has 0 aliphatic carbocycles. The molecule has 2 unspecified atom stereocenters. The second kappa shape index (κ2) is 7.31.